The molecule has 2 N–H and O–H groups in total. The van der Waals surface area contributed by atoms with E-state index in [0.29, 0.717) is 29.9 Å². The molecule has 6 nitrogen and oxygen atoms in total. The lowest BCUT2D eigenvalue weighted by Crippen LogP contribution is -2.30. The van der Waals surface area contributed by atoms with Crippen molar-refractivity contribution in [1.82, 2.24) is 5.32 Å². The smallest absolute Gasteiger partial charge is 0.372 e. The predicted octanol–water partition coefficient (Wildman–Crippen LogP) is 4.48. The summed E-state index contributed by atoms with van der Waals surface area (Å²) in [5, 5.41) is 2.69. The minimum atomic E-state index is -4.49. The molecule has 0 fully saturated rings. The van der Waals surface area contributed by atoms with E-state index in [4.69, 9.17) is 0 Å². The van der Waals surface area contributed by atoms with Gasteiger partial charge in [0.15, 0.2) is 0 Å². The average molecular weight is 490 g/mol. The van der Waals surface area contributed by atoms with Gasteiger partial charge in [0.1, 0.15) is 5.82 Å². The Labute approximate surface area is 191 Å². The number of sulfonamides is 1. The summed E-state index contributed by atoms with van der Waals surface area (Å²) in [6, 6.07) is 7.11. The topological polar surface area (TPSA) is 78.5 Å². The van der Waals surface area contributed by atoms with Crippen molar-refractivity contribution >= 4 is 27.3 Å². The van der Waals surface area contributed by atoms with E-state index in [1.54, 1.807) is 11.8 Å². The number of hydrogen-bond acceptors (Lipinski definition) is 4. The maximum Gasteiger partial charge on any atom is 0.416 e. The Balaban J connectivity index is 2.20. The molecule has 2 aromatic rings. The molecule has 2 rings (SSSR count). The van der Waals surface area contributed by atoms with E-state index in [-0.39, 0.29) is 12.2 Å². The van der Waals surface area contributed by atoms with Crippen molar-refractivity contribution in [2.75, 3.05) is 29.0 Å². The number of hydrogen-bond donors (Lipinski definition) is 2. The standard InChI is InChI=1S/C22H27F4N3O3S/c1-5-29(6-2)20-12-17(22(24,25)26)9-7-16(20)13-27-21(30)14(3)15-8-10-19(18(23)11-15)28-33(4,31)32/h7-12,14,28H,5-6,13H2,1-4H3,(H,27,30). The molecule has 0 bridgehead atoms. The molecule has 11 heteroatoms. The first-order chi connectivity index (χ1) is 15.3. The van der Waals surface area contributed by atoms with E-state index in [2.05, 4.69) is 5.32 Å². The van der Waals surface area contributed by atoms with Crippen molar-refractivity contribution in [2.24, 2.45) is 0 Å². The summed E-state index contributed by atoms with van der Waals surface area (Å²) < 4.78 is 78.4. The highest BCUT2D eigenvalue weighted by Crippen LogP contribution is 2.33. The molecule has 182 valence electrons. The van der Waals surface area contributed by atoms with Crippen molar-refractivity contribution in [3.63, 3.8) is 0 Å². The van der Waals surface area contributed by atoms with Gasteiger partial charge in [0, 0.05) is 25.3 Å². The zero-order valence-corrected chi connectivity index (χ0v) is 19.6. The van der Waals surface area contributed by atoms with Crippen molar-refractivity contribution in [3.8, 4) is 0 Å². The van der Waals surface area contributed by atoms with E-state index >= 15 is 0 Å². The Bertz CT molecular complexity index is 1100. The molecule has 0 aromatic heterocycles. The summed E-state index contributed by atoms with van der Waals surface area (Å²) in [6.45, 7) is 6.16. The molecule has 1 unspecified atom stereocenters. The van der Waals surface area contributed by atoms with Crippen LogP contribution in [0, 0.1) is 5.82 Å². The molecule has 1 atom stereocenters. The summed E-state index contributed by atoms with van der Waals surface area (Å²) in [4.78, 5) is 14.4. The maximum atomic E-state index is 14.3. The Hall–Kier alpha value is -2.82. The van der Waals surface area contributed by atoms with Crippen LogP contribution in [0.15, 0.2) is 36.4 Å². The van der Waals surface area contributed by atoms with Gasteiger partial charge in [0.2, 0.25) is 15.9 Å². The first-order valence-corrected chi connectivity index (χ1v) is 12.2. The van der Waals surface area contributed by atoms with E-state index in [0.717, 1.165) is 24.5 Å². The largest absolute Gasteiger partial charge is 0.416 e. The van der Waals surface area contributed by atoms with Crippen LogP contribution in [0.3, 0.4) is 0 Å². The lowest BCUT2D eigenvalue weighted by Gasteiger charge is -2.26. The van der Waals surface area contributed by atoms with Crippen molar-refractivity contribution < 1.29 is 30.8 Å². The number of halogens is 4. The highest BCUT2D eigenvalue weighted by molar-refractivity contribution is 7.92. The van der Waals surface area contributed by atoms with Gasteiger partial charge in [0.25, 0.3) is 0 Å². The zero-order valence-electron chi connectivity index (χ0n) is 18.8. The van der Waals surface area contributed by atoms with Gasteiger partial charge in [-0.25, -0.2) is 12.8 Å². The second kappa shape index (κ2) is 10.4. The first kappa shape index (κ1) is 26.4. The van der Waals surface area contributed by atoms with E-state index in [9.17, 15) is 30.8 Å². The second-order valence-electron chi connectivity index (χ2n) is 7.57. The molecule has 0 aliphatic carbocycles. The molecule has 0 saturated carbocycles. The van der Waals surface area contributed by atoms with E-state index in [1.807, 2.05) is 18.6 Å². The predicted molar refractivity (Wildman–Crippen MR) is 120 cm³/mol. The van der Waals surface area contributed by atoms with Crippen molar-refractivity contribution in [3.05, 3.63) is 58.9 Å². The monoisotopic (exact) mass is 489 g/mol. The molecule has 0 aliphatic heterocycles. The summed E-state index contributed by atoms with van der Waals surface area (Å²) in [5.74, 6) is -2.06. The van der Waals surface area contributed by atoms with E-state index < -0.39 is 39.4 Å². The highest BCUT2D eigenvalue weighted by Gasteiger charge is 2.31. The number of nitrogens with zero attached hydrogens (tertiary/aromatic N) is 1. The second-order valence-corrected chi connectivity index (χ2v) is 9.31. The lowest BCUT2D eigenvalue weighted by molar-refractivity contribution is -0.137. The van der Waals surface area contributed by atoms with Gasteiger partial charge in [-0.1, -0.05) is 12.1 Å². The van der Waals surface area contributed by atoms with Crippen LogP contribution >= 0.6 is 0 Å². The lowest BCUT2D eigenvalue weighted by atomic mass is 9.99. The van der Waals surface area contributed by atoms with Gasteiger partial charge in [-0.15, -0.1) is 0 Å². The zero-order chi connectivity index (χ0) is 25.0. The van der Waals surface area contributed by atoms with Crippen LogP contribution in [0.5, 0.6) is 0 Å². The van der Waals surface area contributed by atoms with Crippen LogP contribution in [0.2, 0.25) is 0 Å². The first-order valence-electron chi connectivity index (χ1n) is 10.3. The molecular formula is C22H27F4N3O3S. The third-order valence-corrected chi connectivity index (χ3v) is 5.74. The number of carbonyl (C=O) groups is 1. The van der Waals surface area contributed by atoms with Gasteiger partial charge < -0.3 is 10.2 Å². The molecule has 2 aromatic carbocycles. The molecule has 1 amide bonds. The van der Waals surface area contributed by atoms with E-state index in [1.165, 1.54) is 18.2 Å². The fourth-order valence-electron chi connectivity index (χ4n) is 3.32. The SMILES string of the molecule is CCN(CC)c1cc(C(F)(F)F)ccc1CNC(=O)C(C)c1ccc(NS(C)(=O)=O)c(F)c1. The van der Waals surface area contributed by atoms with Gasteiger partial charge in [-0.3, -0.25) is 9.52 Å². The van der Waals surface area contributed by atoms with Crippen molar-refractivity contribution in [2.45, 2.75) is 39.4 Å². The number of alkyl halides is 3. The molecule has 33 heavy (non-hydrogen) atoms. The van der Waals surface area contributed by atoms with Crippen LogP contribution in [-0.2, 0) is 27.5 Å². The Morgan fingerprint density at radius 3 is 2.24 bits per heavy atom. The third kappa shape index (κ3) is 7.08. The quantitative estimate of drug-likeness (QED) is 0.509. The fraction of sp³-hybridized carbons (Fsp3) is 0.409. The number of nitrogens with one attached hydrogen (secondary N) is 2. The average Bonchev–Trinajstić information content (AvgIpc) is 2.72. The number of amides is 1. The normalized spacial score (nSPS) is 12.8. The van der Waals surface area contributed by atoms with Crippen LogP contribution < -0.4 is 14.9 Å². The summed E-state index contributed by atoms with van der Waals surface area (Å²) >= 11 is 0. The van der Waals surface area contributed by atoms with Crippen LogP contribution in [0.1, 0.15) is 43.4 Å². The number of anilines is 2. The minimum absolute atomic E-state index is 0.0106. The molecule has 0 saturated heterocycles. The molecule has 0 aliphatic rings. The Morgan fingerprint density at radius 2 is 1.73 bits per heavy atom. The van der Waals surface area contributed by atoms with Gasteiger partial charge in [-0.2, -0.15) is 13.2 Å². The summed E-state index contributed by atoms with van der Waals surface area (Å²) in [5.41, 5.74) is 0.213. The molecule has 0 spiro atoms. The molecular weight excluding hydrogens is 462 g/mol. The summed E-state index contributed by atoms with van der Waals surface area (Å²) in [7, 11) is -3.66. The van der Waals surface area contributed by atoms with Gasteiger partial charge in [0.05, 0.1) is 23.4 Å². The van der Waals surface area contributed by atoms with Crippen LogP contribution in [0.4, 0.5) is 28.9 Å². The number of carbonyl (C=O) groups excluding carboxylic acids is 1. The van der Waals surface area contributed by atoms with Crippen LogP contribution in [0.25, 0.3) is 0 Å². The molecule has 0 radical (unpaired) electrons. The summed E-state index contributed by atoms with van der Waals surface area (Å²) in [6.07, 6.45) is -3.59. The van der Waals surface area contributed by atoms with Crippen molar-refractivity contribution in [1.29, 1.82) is 0 Å². The highest BCUT2D eigenvalue weighted by atomic mass is 32.2. The van der Waals surface area contributed by atoms with Crippen LogP contribution in [-0.4, -0.2) is 33.7 Å². The number of benzene rings is 2. The van der Waals surface area contributed by atoms with Gasteiger partial charge in [-0.05, 0) is 56.2 Å². The third-order valence-electron chi connectivity index (χ3n) is 5.15. The Morgan fingerprint density at radius 1 is 1.09 bits per heavy atom. The van der Waals surface area contributed by atoms with Gasteiger partial charge >= 0.3 is 6.18 Å². The molecule has 0 heterocycles. The number of rotatable bonds is 9. The fourth-order valence-corrected chi connectivity index (χ4v) is 3.88. The minimum Gasteiger partial charge on any atom is -0.372 e. The Kier molecular flexibility index (Phi) is 8.34. The maximum absolute atomic E-state index is 14.3.